The monoisotopic (exact) mass is 402 g/mol. The normalized spacial score (nSPS) is 15.6. The predicted octanol–water partition coefficient (Wildman–Crippen LogP) is 4.11. The Morgan fingerprint density at radius 3 is 2.71 bits per heavy atom. The van der Waals surface area contributed by atoms with Gasteiger partial charge in [-0.3, -0.25) is 9.69 Å². The molecular weight excluding hydrogens is 376 g/mol. The molecule has 150 valence electrons. The summed E-state index contributed by atoms with van der Waals surface area (Å²) in [4.78, 5) is 20.5. The third-order valence-electron chi connectivity index (χ3n) is 4.61. The standard InChI is InChI=1S/C21H26N2O4S/c1-15(24)23-18-8-5-6-9-20(18)28-21(23)17-14-16(25-3)10-11-19(17)27-13-7-12-22(2)26-4/h5-6,8-11,14,21H,7,12-13H2,1-4H3. The summed E-state index contributed by atoms with van der Waals surface area (Å²) in [6.45, 7) is 2.92. The molecule has 1 heterocycles. The van der Waals surface area contributed by atoms with Crippen molar-refractivity contribution in [1.82, 2.24) is 5.06 Å². The second kappa shape index (κ2) is 9.32. The maximum atomic E-state index is 12.4. The van der Waals surface area contributed by atoms with Crippen LogP contribution in [0, 0.1) is 0 Å². The predicted molar refractivity (Wildman–Crippen MR) is 111 cm³/mol. The Balaban J connectivity index is 1.86. The first-order chi connectivity index (χ1) is 13.5. The lowest BCUT2D eigenvalue weighted by Gasteiger charge is -2.25. The van der Waals surface area contributed by atoms with Crippen molar-refractivity contribution in [1.29, 1.82) is 0 Å². The quantitative estimate of drug-likeness (QED) is 0.489. The molecule has 7 heteroatoms. The molecule has 2 aromatic rings. The zero-order chi connectivity index (χ0) is 20.1. The van der Waals surface area contributed by atoms with Crippen molar-refractivity contribution in [2.45, 2.75) is 23.6 Å². The molecular formula is C21H26N2O4S. The van der Waals surface area contributed by atoms with Gasteiger partial charge in [-0.1, -0.05) is 23.9 Å². The number of hydroxylamine groups is 2. The summed E-state index contributed by atoms with van der Waals surface area (Å²) in [6, 6.07) is 13.7. The summed E-state index contributed by atoms with van der Waals surface area (Å²) >= 11 is 1.65. The smallest absolute Gasteiger partial charge is 0.225 e. The van der Waals surface area contributed by atoms with E-state index in [-0.39, 0.29) is 11.3 Å². The summed E-state index contributed by atoms with van der Waals surface area (Å²) in [5, 5.41) is 1.57. The van der Waals surface area contributed by atoms with Gasteiger partial charge in [0.25, 0.3) is 0 Å². The number of para-hydroxylation sites is 1. The molecule has 0 radical (unpaired) electrons. The Bertz CT molecular complexity index is 830. The van der Waals surface area contributed by atoms with Crippen LogP contribution in [0.3, 0.4) is 0 Å². The molecule has 3 rings (SSSR count). The lowest BCUT2D eigenvalue weighted by Crippen LogP contribution is -2.28. The molecule has 0 N–H and O–H groups in total. The van der Waals surface area contributed by atoms with Crippen molar-refractivity contribution in [3.8, 4) is 11.5 Å². The topological polar surface area (TPSA) is 51.2 Å². The molecule has 0 bridgehead atoms. The number of carbonyl (C=O) groups is 1. The van der Waals surface area contributed by atoms with E-state index in [0.717, 1.165) is 40.6 Å². The van der Waals surface area contributed by atoms with Crippen molar-refractivity contribution in [2.75, 3.05) is 39.3 Å². The number of anilines is 1. The lowest BCUT2D eigenvalue weighted by atomic mass is 10.1. The number of methoxy groups -OCH3 is 1. The molecule has 1 aliphatic heterocycles. The maximum absolute atomic E-state index is 12.4. The van der Waals surface area contributed by atoms with Crippen molar-refractivity contribution in [3.63, 3.8) is 0 Å². The zero-order valence-corrected chi connectivity index (χ0v) is 17.5. The maximum Gasteiger partial charge on any atom is 0.225 e. The fourth-order valence-electron chi connectivity index (χ4n) is 3.13. The number of amides is 1. The molecule has 0 aliphatic carbocycles. The largest absolute Gasteiger partial charge is 0.497 e. The van der Waals surface area contributed by atoms with E-state index < -0.39 is 0 Å². The Labute approximate surface area is 170 Å². The van der Waals surface area contributed by atoms with E-state index in [2.05, 4.69) is 0 Å². The molecule has 0 aromatic heterocycles. The van der Waals surface area contributed by atoms with Gasteiger partial charge in [-0.05, 0) is 36.8 Å². The third kappa shape index (κ3) is 4.43. The van der Waals surface area contributed by atoms with Crippen LogP contribution in [0.25, 0.3) is 0 Å². The molecule has 6 nitrogen and oxygen atoms in total. The van der Waals surface area contributed by atoms with E-state index in [1.807, 2.05) is 54.4 Å². The summed E-state index contributed by atoms with van der Waals surface area (Å²) in [5.74, 6) is 1.50. The highest BCUT2D eigenvalue weighted by molar-refractivity contribution is 8.00. The fraction of sp³-hybridized carbons (Fsp3) is 0.381. The van der Waals surface area contributed by atoms with Crippen molar-refractivity contribution >= 4 is 23.4 Å². The van der Waals surface area contributed by atoms with Gasteiger partial charge in [-0.2, -0.15) is 5.06 Å². The number of carbonyl (C=O) groups excluding carboxylic acids is 1. The molecule has 1 aliphatic rings. The number of nitrogens with zero attached hydrogens (tertiary/aromatic N) is 2. The van der Waals surface area contributed by atoms with Crippen LogP contribution in [0.5, 0.6) is 11.5 Å². The first-order valence-electron chi connectivity index (χ1n) is 9.16. The Morgan fingerprint density at radius 2 is 2.00 bits per heavy atom. The zero-order valence-electron chi connectivity index (χ0n) is 16.7. The second-order valence-corrected chi connectivity index (χ2v) is 7.59. The number of hydrogen-bond donors (Lipinski definition) is 0. The second-order valence-electron chi connectivity index (χ2n) is 6.47. The van der Waals surface area contributed by atoms with Gasteiger partial charge in [-0.15, -0.1) is 0 Å². The molecule has 0 saturated heterocycles. The van der Waals surface area contributed by atoms with Crippen LogP contribution >= 0.6 is 11.8 Å². The highest BCUT2D eigenvalue weighted by Crippen LogP contribution is 2.53. The van der Waals surface area contributed by atoms with Crippen molar-refractivity contribution < 1.29 is 19.1 Å². The summed E-state index contributed by atoms with van der Waals surface area (Å²) in [5.41, 5.74) is 1.86. The van der Waals surface area contributed by atoms with E-state index in [4.69, 9.17) is 14.3 Å². The summed E-state index contributed by atoms with van der Waals surface area (Å²) < 4.78 is 11.5. The molecule has 1 atom stereocenters. The van der Waals surface area contributed by atoms with Crippen LogP contribution < -0.4 is 14.4 Å². The highest BCUT2D eigenvalue weighted by atomic mass is 32.2. The van der Waals surface area contributed by atoms with Crippen LogP contribution in [-0.2, 0) is 9.63 Å². The fourth-order valence-corrected chi connectivity index (χ4v) is 4.49. The molecule has 0 spiro atoms. The number of thioether (sulfide) groups is 1. The Kier molecular flexibility index (Phi) is 6.83. The van der Waals surface area contributed by atoms with E-state index in [9.17, 15) is 4.79 Å². The van der Waals surface area contributed by atoms with Gasteiger partial charge in [0.05, 0.1) is 26.5 Å². The van der Waals surface area contributed by atoms with Crippen molar-refractivity contribution in [3.05, 3.63) is 48.0 Å². The average Bonchev–Trinajstić information content (AvgIpc) is 3.10. The number of fused-ring (bicyclic) bond motifs is 1. The minimum atomic E-state index is -0.193. The number of benzene rings is 2. The van der Waals surface area contributed by atoms with Crippen LogP contribution in [0.2, 0.25) is 0 Å². The van der Waals surface area contributed by atoms with Crippen LogP contribution in [0.15, 0.2) is 47.4 Å². The molecule has 0 saturated carbocycles. The van der Waals surface area contributed by atoms with Gasteiger partial charge in [0.2, 0.25) is 5.91 Å². The molecule has 1 unspecified atom stereocenters. The minimum Gasteiger partial charge on any atom is -0.497 e. The van der Waals surface area contributed by atoms with Gasteiger partial charge >= 0.3 is 0 Å². The van der Waals surface area contributed by atoms with E-state index in [1.165, 1.54) is 0 Å². The molecule has 2 aromatic carbocycles. The van der Waals surface area contributed by atoms with E-state index >= 15 is 0 Å². The first kappa shape index (κ1) is 20.5. The SMILES string of the molecule is COc1ccc(OCCCN(C)OC)c(C2Sc3ccccc3N2C(C)=O)c1. The Hall–Kier alpha value is -2.22. The molecule has 0 fully saturated rings. The Morgan fingerprint density at radius 1 is 1.21 bits per heavy atom. The molecule has 28 heavy (non-hydrogen) atoms. The minimum absolute atomic E-state index is 0.00191. The van der Waals surface area contributed by atoms with Crippen LogP contribution in [0.1, 0.15) is 24.3 Å². The number of ether oxygens (including phenoxy) is 2. The van der Waals surface area contributed by atoms with Crippen LogP contribution in [0.4, 0.5) is 5.69 Å². The van der Waals surface area contributed by atoms with Crippen molar-refractivity contribution in [2.24, 2.45) is 0 Å². The lowest BCUT2D eigenvalue weighted by molar-refractivity contribution is -0.116. The number of rotatable bonds is 8. The first-order valence-corrected chi connectivity index (χ1v) is 10.0. The van der Waals surface area contributed by atoms with Gasteiger partial charge in [-0.25, -0.2) is 0 Å². The van der Waals surface area contributed by atoms with E-state index in [1.54, 1.807) is 38.0 Å². The van der Waals surface area contributed by atoms with E-state index in [0.29, 0.717) is 6.61 Å². The van der Waals surface area contributed by atoms with Gasteiger partial charge < -0.3 is 14.3 Å². The summed E-state index contributed by atoms with van der Waals surface area (Å²) in [6.07, 6.45) is 0.824. The highest BCUT2D eigenvalue weighted by Gasteiger charge is 2.35. The van der Waals surface area contributed by atoms with Gasteiger partial charge in [0.1, 0.15) is 16.9 Å². The number of hydrogen-bond acceptors (Lipinski definition) is 6. The van der Waals surface area contributed by atoms with Gasteiger partial charge in [0.15, 0.2) is 0 Å². The van der Waals surface area contributed by atoms with Crippen LogP contribution in [-0.4, -0.2) is 45.4 Å². The van der Waals surface area contributed by atoms with Gasteiger partial charge in [0, 0.05) is 31.0 Å². The third-order valence-corrected chi connectivity index (χ3v) is 5.89. The molecule has 1 amide bonds. The summed E-state index contributed by atoms with van der Waals surface area (Å²) in [7, 11) is 5.17. The average molecular weight is 403 g/mol.